The average molecular weight is 206 g/mol. The first-order valence-electron chi connectivity index (χ1n) is 3.76. The molecule has 6 nitrogen and oxygen atoms in total. The van der Waals surface area contributed by atoms with Gasteiger partial charge in [-0.05, 0) is 6.42 Å². The van der Waals surface area contributed by atoms with E-state index in [2.05, 4.69) is 14.5 Å². The second kappa shape index (κ2) is 4.53. The predicted molar refractivity (Wildman–Crippen MR) is 44.9 cm³/mol. The van der Waals surface area contributed by atoms with Gasteiger partial charge in [-0.3, -0.25) is 4.52 Å². The van der Waals surface area contributed by atoms with Gasteiger partial charge in [0, 0.05) is 18.8 Å². The summed E-state index contributed by atoms with van der Waals surface area (Å²) in [7, 11) is -4.30. The first-order chi connectivity index (χ1) is 6.08. The molecule has 0 unspecified atom stereocenters. The van der Waals surface area contributed by atoms with Crippen molar-refractivity contribution in [2.45, 2.75) is 12.8 Å². The highest BCUT2D eigenvalue weighted by Gasteiger charge is 2.12. The summed E-state index contributed by atoms with van der Waals surface area (Å²) in [5.41, 5.74) is 0. The average Bonchev–Trinajstić information content (AvgIpc) is 2.48. The van der Waals surface area contributed by atoms with Crippen LogP contribution in [0.2, 0.25) is 0 Å². The number of nitrogens with one attached hydrogen (secondary N) is 1. The maximum Gasteiger partial charge on any atom is 0.469 e. The van der Waals surface area contributed by atoms with Gasteiger partial charge in [0.25, 0.3) is 0 Å². The van der Waals surface area contributed by atoms with E-state index >= 15 is 0 Å². The van der Waals surface area contributed by atoms with E-state index in [-0.39, 0.29) is 6.61 Å². The highest BCUT2D eigenvalue weighted by atomic mass is 31.2. The van der Waals surface area contributed by atoms with Crippen LogP contribution in [0.25, 0.3) is 0 Å². The Morgan fingerprint density at radius 1 is 1.62 bits per heavy atom. The molecule has 0 radical (unpaired) electrons. The summed E-state index contributed by atoms with van der Waals surface area (Å²) >= 11 is 0. The summed E-state index contributed by atoms with van der Waals surface area (Å²) in [6.07, 6.45) is 4.46. The minimum atomic E-state index is -4.30. The van der Waals surface area contributed by atoms with E-state index in [9.17, 15) is 4.57 Å². The fourth-order valence-electron chi connectivity index (χ4n) is 0.858. The number of phosphoric ester groups is 1. The quantitative estimate of drug-likeness (QED) is 0.480. The van der Waals surface area contributed by atoms with Crippen molar-refractivity contribution in [3.8, 4) is 0 Å². The molecule has 0 aliphatic rings. The van der Waals surface area contributed by atoms with Crippen LogP contribution < -0.4 is 0 Å². The number of aromatic nitrogens is 2. The molecule has 1 rings (SSSR count). The van der Waals surface area contributed by atoms with E-state index in [0.717, 1.165) is 5.82 Å². The SMILES string of the molecule is O=P(O)(O)OCCCc1ncc[nH]1. The Balaban J connectivity index is 2.12. The molecule has 0 saturated heterocycles. The highest BCUT2D eigenvalue weighted by Crippen LogP contribution is 2.35. The number of phosphoric acid groups is 1. The number of hydrogen-bond donors (Lipinski definition) is 3. The van der Waals surface area contributed by atoms with E-state index in [1.54, 1.807) is 12.4 Å². The summed E-state index contributed by atoms with van der Waals surface area (Å²) in [6.45, 7) is 0.0327. The van der Waals surface area contributed by atoms with Gasteiger partial charge in [0.15, 0.2) is 0 Å². The number of H-pyrrole nitrogens is 1. The molecule has 74 valence electrons. The minimum absolute atomic E-state index is 0.0327. The number of rotatable bonds is 5. The lowest BCUT2D eigenvalue weighted by atomic mass is 10.3. The molecule has 0 fully saturated rings. The number of imidazole rings is 1. The van der Waals surface area contributed by atoms with Gasteiger partial charge >= 0.3 is 7.82 Å². The van der Waals surface area contributed by atoms with Crippen LogP contribution in [0, 0.1) is 0 Å². The minimum Gasteiger partial charge on any atom is -0.349 e. The highest BCUT2D eigenvalue weighted by molar-refractivity contribution is 7.46. The van der Waals surface area contributed by atoms with Gasteiger partial charge in [-0.25, -0.2) is 9.55 Å². The zero-order chi connectivity index (χ0) is 9.73. The fourth-order valence-corrected chi connectivity index (χ4v) is 1.22. The Morgan fingerprint density at radius 2 is 2.38 bits per heavy atom. The Bertz CT molecular complexity index is 281. The molecular weight excluding hydrogens is 195 g/mol. The van der Waals surface area contributed by atoms with Gasteiger partial charge in [-0.2, -0.15) is 0 Å². The van der Waals surface area contributed by atoms with Gasteiger partial charge in [0.1, 0.15) is 5.82 Å². The van der Waals surface area contributed by atoms with Gasteiger partial charge in [0.05, 0.1) is 6.61 Å². The lowest BCUT2D eigenvalue weighted by molar-refractivity contribution is 0.195. The summed E-state index contributed by atoms with van der Waals surface area (Å²) in [5.74, 6) is 0.786. The van der Waals surface area contributed by atoms with E-state index in [0.29, 0.717) is 12.8 Å². The normalized spacial score (nSPS) is 11.8. The first-order valence-corrected chi connectivity index (χ1v) is 5.29. The summed E-state index contributed by atoms with van der Waals surface area (Å²) in [6, 6.07) is 0. The third kappa shape index (κ3) is 4.80. The molecule has 1 aromatic rings. The molecule has 0 saturated carbocycles. The number of aryl methyl sites for hydroxylation is 1. The van der Waals surface area contributed by atoms with E-state index < -0.39 is 7.82 Å². The van der Waals surface area contributed by atoms with Crippen LogP contribution in [0.1, 0.15) is 12.2 Å². The van der Waals surface area contributed by atoms with Crippen LogP contribution in [0.3, 0.4) is 0 Å². The Morgan fingerprint density at radius 3 is 2.92 bits per heavy atom. The van der Waals surface area contributed by atoms with Gasteiger partial charge in [-0.1, -0.05) is 0 Å². The largest absolute Gasteiger partial charge is 0.469 e. The first kappa shape index (κ1) is 10.4. The fraction of sp³-hybridized carbons (Fsp3) is 0.500. The van der Waals surface area contributed by atoms with Crippen molar-refractivity contribution in [3.05, 3.63) is 18.2 Å². The topological polar surface area (TPSA) is 95.4 Å². The molecule has 0 atom stereocenters. The van der Waals surface area contributed by atoms with Gasteiger partial charge in [-0.15, -0.1) is 0 Å². The number of nitrogens with zero attached hydrogens (tertiary/aromatic N) is 1. The van der Waals surface area contributed by atoms with Crippen LogP contribution in [0.15, 0.2) is 12.4 Å². The van der Waals surface area contributed by atoms with Crippen molar-refractivity contribution < 1.29 is 18.9 Å². The molecule has 0 spiro atoms. The molecule has 1 heterocycles. The molecule has 0 aromatic carbocycles. The third-order valence-corrected chi connectivity index (χ3v) is 1.89. The second-order valence-electron chi connectivity index (χ2n) is 2.46. The molecule has 0 bridgehead atoms. The molecule has 7 heteroatoms. The Kier molecular flexibility index (Phi) is 3.62. The van der Waals surface area contributed by atoms with Crippen LogP contribution >= 0.6 is 7.82 Å². The smallest absolute Gasteiger partial charge is 0.349 e. The molecule has 0 amide bonds. The van der Waals surface area contributed by atoms with Crippen LogP contribution in [-0.4, -0.2) is 26.4 Å². The Hall–Kier alpha value is -0.680. The van der Waals surface area contributed by atoms with Crippen molar-refractivity contribution in [3.63, 3.8) is 0 Å². The maximum absolute atomic E-state index is 10.2. The van der Waals surface area contributed by atoms with E-state index in [4.69, 9.17) is 9.79 Å². The third-order valence-electron chi connectivity index (χ3n) is 1.37. The van der Waals surface area contributed by atoms with Crippen molar-refractivity contribution in [1.82, 2.24) is 9.97 Å². The monoisotopic (exact) mass is 206 g/mol. The van der Waals surface area contributed by atoms with E-state index in [1.807, 2.05) is 0 Å². The molecule has 1 aromatic heterocycles. The Labute approximate surface area is 75.2 Å². The summed E-state index contributed by atoms with van der Waals surface area (Å²) in [5, 5.41) is 0. The number of aromatic amines is 1. The van der Waals surface area contributed by atoms with Crippen molar-refractivity contribution in [2.75, 3.05) is 6.61 Å². The van der Waals surface area contributed by atoms with E-state index in [1.165, 1.54) is 0 Å². The van der Waals surface area contributed by atoms with Crippen LogP contribution in [-0.2, 0) is 15.5 Å². The van der Waals surface area contributed by atoms with Crippen LogP contribution in [0.5, 0.6) is 0 Å². The second-order valence-corrected chi connectivity index (χ2v) is 3.70. The maximum atomic E-state index is 10.2. The van der Waals surface area contributed by atoms with Crippen molar-refractivity contribution >= 4 is 7.82 Å². The standard InChI is InChI=1S/C6H11N2O4P/c9-13(10,11)12-5-1-2-6-7-3-4-8-6/h3-4H,1-2,5H2,(H,7,8)(H2,9,10,11). The van der Waals surface area contributed by atoms with Crippen molar-refractivity contribution in [1.29, 1.82) is 0 Å². The lowest BCUT2D eigenvalue weighted by Crippen LogP contribution is -1.96. The van der Waals surface area contributed by atoms with Crippen molar-refractivity contribution in [2.24, 2.45) is 0 Å². The number of hydrogen-bond acceptors (Lipinski definition) is 3. The molecule has 0 aliphatic carbocycles. The lowest BCUT2D eigenvalue weighted by Gasteiger charge is -2.03. The zero-order valence-electron chi connectivity index (χ0n) is 6.88. The predicted octanol–water partition coefficient (Wildman–Crippen LogP) is 0.452. The molecular formula is C6H11N2O4P. The zero-order valence-corrected chi connectivity index (χ0v) is 7.78. The molecule has 3 N–H and O–H groups in total. The summed E-state index contributed by atoms with van der Waals surface area (Å²) in [4.78, 5) is 23.5. The molecule has 0 aliphatic heterocycles. The van der Waals surface area contributed by atoms with Gasteiger partial charge < -0.3 is 14.8 Å². The summed E-state index contributed by atoms with van der Waals surface area (Å²) < 4.78 is 14.5. The van der Waals surface area contributed by atoms with Crippen LogP contribution in [0.4, 0.5) is 0 Å². The molecule has 13 heavy (non-hydrogen) atoms. The van der Waals surface area contributed by atoms with Gasteiger partial charge in [0.2, 0.25) is 0 Å².